The molecular weight excluding hydrogens is 1050 g/mol. The number of unbranched alkanes of at least 4 members (excludes halogenated alkanes) is 12. The molecule has 3 saturated heterocycles. The number of hydrogen-bond acceptors (Lipinski definition) is 14. The lowest BCUT2D eigenvalue weighted by Gasteiger charge is -2.57. The first-order valence-electron chi connectivity index (χ1n) is 30.8. The van der Waals surface area contributed by atoms with Crippen LogP contribution in [0, 0.1) is 35.5 Å². The average Bonchev–Trinajstić information content (AvgIpc) is 3.26. The Balaban J connectivity index is 2.42. The van der Waals surface area contributed by atoms with Crippen LogP contribution in [-0.4, -0.2) is 95.7 Å². The molecule has 0 saturated carbocycles. The van der Waals surface area contributed by atoms with Crippen LogP contribution < -0.4 is 11.1 Å². The zero-order valence-corrected chi connectivity index (χ0v) is 56.8. The Morgan fingerprint density at radius 3 is 0.730 bits per heavy atom. The first-order chi connectivity index (χ1) is 34.9. The minimum Gasteiger partial charge on any atom is -0.391 e. The van der Waals surface area contributed by atoms with E-state index < -0.39 is 61.6 Å². The molecule has 3 rings (SSSR count). The highest BCUT2D eigenvalue weighted by Gasteiger charge is 2.76. The van der Waals surface area contributed by atoms with Crippen molar-refractivity contribution in [2.24, 2.45) is 41.2 Å². The van der Waals surface area contributed by atoms with Crippen molar-refractivity contribution in [3.8, 4) is 0 Å². The molecule has 3 aliphatic rings. The van der Waals surface area contributed by atoms with Crippen LogP contribution in [0.2, 0.25) is 42.3 Å². The number of hydrogen-bond donors (Lipinski definition) is 5. The summed E-state index contributed by atoms with van der Waals surface area (Å²) in [6.45, 7) is 28.8. The van der Waals surface area contributed by atoms with Crippen LogP contribution in [0.5, 0.6) is 0 Å². The topological polar surface area (TPSA) is 182 Å². The predicted octanol–water partition coefficient (Wildman–Crippen LogP) is 14.0. The van der Waals surface area contributed by atoms with Gasteiger partial charge in [0.05, 0.1) is 0 Å². The molecule has 4 atom stereocenters. The molecule has 74 heavy (non-hydrogen) atoms. The SMILES string of the molecule is CC(C)CCCCC[Si]1(O)O[Si]2(CCCNCCN)O[Si](O)(CCCCCC(C)C)O[Si@@]3(CCCCCC(C)C)O[Si](O)(CCCCCC(C)C)O[Si@](CCCCCC(C)C)(O1)O[Si](CCCCCC(C)C)(O2)O3. The highest BCUT2D eigenvalue weighted by atomic mass is 28.6. The maximum atomic E-state index is 13.6. The lowest BCUT2D eigenvalue weighted by atomic mass is 10.1. The maximum absolute atomic E-state index is 13.6. The Labute approximate surface area is 462 Å². The van der Waals surface area contributed by atoms with Crippen molar-refractivity contribution in [3.05, 3.63) is 0 Å². The van der Waals surface area contributed by atoms with Gasteiger partial charge in [-0.25, -0.2) is 0 Å². The summed E-state index contributed by atoms with van der Waals surface area (Å²) < 4.78 is 68.3. The first kappa shape index (κ1) is 69.2. The minimum atomic E-state index is -4.42. The molecule has 14 nitrogen and oxygen atoms in total. The zero-order valence-electron chi connectivity index (χ0n) is 49.8. The molecule has 0 spiro atoms. The molecule has 2 unspecified atom stereocenters. The monoisotopic (exact) mass is 1170 g/mol. The van der Waals surface area contributed by atoms with Crippen molar-refractivity contribution in [1.82, 2.24) is 5.32 Å². The number of fused-ring (bicyclic) bond motifs is 3. The van der Waals surface area contributed by atoms with Gasteiger partial charge in [0.25, 0.3) is 0 Å². The minimum absolute atomic E-state index is 0.235. The summed E-state index contributed by atoms with van der Waals surface area (Å²) >= 11 is 0. The fourth-order valence-electron chi connectivity index (χ4n) is 10.5. The quantitative estimate of drug-likeness (QED) is 0.0288. The summed E-state index contributed by atoms with van der Waals surface area (Å²) in [6.07, 6.45) is 22.7. The number of nitrogens with one attached hydrogen (secondary N) is 1. The van der Waals surface area contributed by atoms with Crippen molar-refractivity contribution in [2.75, 3.05) is 19.6 Å². The van der Waals surface area contributed by atoms with Crippen LogP contribution in [0.4, 0.5) is 0 Å². The van der Waals surface area contributed by atoms with Crippen LogP contribution in [0.25, 0.3) is 0 Å². The van der Waals surface area contributed by atoms with E-state index in [2.05, 4.69) is 88.4 Å². The normalized spacial score (nSPS) is 29.8. The third kappa shape index (κ3) is 27.6. The molecule has 0 aromatic carbocycles. The van der Waals surface area contributed by atoms with Crippen molar-refractivity contribution in [2.45, 2.75) is 286 Å². The lowest BCUT2D eigenvalue weighted by Crippen LogP contribution is -2.82. The second kappa shape index (κ2) is 35.1. The second-order valence-corrected chi connectivity index (χ2v) is 46.0. The molecule has 0 aliphatic carbocycles. The first-order valence-corrected chi connectivity index (χ1v) is 44.5. The van der Waals surface area contributed by atoms with Crippen LogP contribution in [-0.2, 0) is 37.0 Å². The Hall–Kier alpha value is 0.958. The lowest BCUT2D eigenvalue weighted by molar-refractivity contribution is 0.00695. The molecule has 440 valence electrons. The van der Waals surface area contributed by atoms with Crippen LogP contribution in [0.3, 0.4) is 0 Å². The average molecular weight is 1170 g/mol. The summed E-state index contributed by atoms with van der Waals surface area (Å²) in [5.41, 5.74) is 5.95. The van der Waals surface area contributed by atoms with Gasteiger partial charge >= 0.3 is 61.6 Å². The van der Waals surface area contributed by atoms with Gasteiger partial charge in [-0.15, -0.1) is 0 Å². The molecule has 21 heteroatoms. The third-order valence-electron chi connectivity index (χ3n) is 14.6. The van der Waals surface area contributed by atoms with Gasteiger partial charge in [0.1, 0.15) is 0 Å². The van der Waals surface area contributed by atoms with Gasteiger partial charge in [0, 0.05) is 55.4 Å². The van der Waals surface area contributed by atoms with E-state index in [-0.39, 0.29) is 24.2 Å². The number of nitrogens with two attached hydrogens (primary N) is 1. The smallest absolute Gasteiger partial charge is 0.391 e. The van der Waals surface area contributed by atoms with Gasteiger partial charge in [-0.3, -0.25) is 0 Å². The highest BCUT2D eigenvalue weighted by molar-refractivity contribution is 6.98. The number of rotatable bonds is 42. The molecule has 0 radical (unpaired) electrons. The summed E-state index contributed by atoms with van der Waals surface area (Å²) in [7, 11) is -30.1. The standard InChI is InChI=1S/C53H118N2O12Si7/c1-48(2)32-19-13-25-41-68(56)59-71(44-28-16-22-35-51(7)8)61-69(57,42-26-14-20-33-49(3)4)63-73(47-31-39-55-40-38-54)64-70(58,43-27-15-21-34-50(5)6)62-72(60-68,45-29-17-23-36-52(9)10)66-74(65-71,67-73)46-30-18-24-37-53(11)12/h48-53,55-58H,13-47,54H2,1-12H3/t68?,69?,70?,71-,72-,73?,74?/m1/s1. The van der Waals surface area contributed by atoms with Crippen LogP contribution in [0.1, 0.15) is 244 Å². The Bertz CT molecular complexity index is 1410. The van der Waals surface area contributed by atoms with E-state index in [4.69, 9.17) is 42.8 Å². The molecule has 3 fully saturated rings. The van der Waals surface area contributed by atoms with Crippen molar-refractivity contribution in [3.63, 3.8) is 0 Å². The zero-order chi connectivity index (χ0) is 54.8. The summed E-state index contributed by atoms with van der Waals surface area (Å²) in [6, 6.07) is 2.13. The summed E-state index contributed by atoms with van der Waals surface area (Å²) in [4.78, 5) is 40.7. The summed E-state index contributed by atoms with van der Waals surface area (Å²) in [5, 5.41) is 3.45. The maximum Gasteiger partial charge on any atom is 0.483 e. The Morgan fingerprint density at radius 1 is 0.284 bits per heavy atom. The molecule has 3 heterocycles. The van der Waals surface area contributed by atoms with E-state index >= 15 is 0 Å². The molecule has 6 N–H and O–H groups in total. The molecule has 3 aliphatic heterocycles. The van der Waals surface area contributed by atoms with Gasteiger partial charge in [-0.05, 0) is 87.0 Å². The molecular formula is C53H118N2O12Si7. The second-order valence-electron chi connectivity index (χ2n) is 25.4. The van der Waals surface area contributed by atoms with Crippen molar-refractivity contribution in [1.29, 1.82) is 0 Å². The highest BCUT2D eigenvalue weighted by Crippen LogP contribution is 2.49. The van der Waals surface area contributed by atoms with E-state index in [0.29, 0.717) is 112 Å². The van der Waals surface area contributed by atoms with E-state index in [9.17, 15) is 14.4 Å². The fraction of sp³-hybridized carbons (Fsp3) is 1.00. The third-order valence-corrected chi connectivity index (χ3v) is 44.0. The molecule has 0 aromatic heterocycles. The predicted molar refractivity (Wildman–Crippen MR) is 317 cm³/mol. The molecule has 0 aromatic rings. The van der Waals surface area contributed by atoms with Gasteiger partial charge < -0.3 is 62.5 Å². The molecule has 4 bridgehead atoms. The Morgan fingerprint density at radius 2 is 0.500 bits per heavy atom. The Kier molecular flexibility index (Phi) is 32.8. The largest absolute Gasteiger partial charge is 0.483 e. The van der Waals surface area contributed by atoms with Gasteiger partial charge in [0.2, 0.25) is 0 Å². The van der Waals surface area contributed by atoms with Crippen LogP contribution >= 0.6 is 0 Å². The summed E-state index contributed by atoms with van der Waals surface area (Å²) in [5.74, 6) is 3.40. The van der Waals surface area contributed by atoms with Crippen molar-refractivity contribution < 1.29 is 51.4 Å². The molecule has 0 amide bonds. The van der Waals surface area contributed by atoms with Crippen LogP contribution in [0.15, 0.2) is 0 Å². The van der Waals surface area contributed by atoms with Crippen molar-refractivity contribution >= 4 is 61.6 Å². The van der Waals surface area contributed by atoms with E-state index in [1.807, 2.05) is 0 Å². The fourth-order valence-corrected chi connectivity index (χ4v) is 48.1. The van der Waals surface area contributed by atoms with E-state index in [0.717, 1.165) is 122 Å². The van der Waals surface area contributed by atoms with E-state index in [1.54, 1.807) is 0 Å². The van der Waals surface area contributed by atoms with Gasteiger partial charge in [-0.2, -0.15) is 0 Å². The van der Waals surface area contributed by atoms with Gasteiger partial charge in [-0.1, -0.05) is 199 Å². The van der Waals surface area contributed by atoms with Gasteiger partial charge in [0.15, 0.2) is 0 Å². The van der Waals surface area contributed by atoms with E-state index in [1.165, 1.54) is 0 Å².